The molecule has 7 rings (SSSR count). The summed E-state index contributed by atoms with van der Waals surface area (Å²) in [6.45, 7) is 0. The first-order chi connectivity index (χ1) is 17.8. The first-order valence-corrected chi connectivity index (χ1v) is 11.8. The van der Waals surface area contributed by atoms with Crippen molar-refractivity contribution in [2.45, 2.75) is 12.1 Å². The molecule has 5 aromatic rings. The highest BCUT2D eigenvalue weighted by Crippen LogP contribution is 2.55. The van der Waals surface area contributed by atoms with Gasteiger partial charge in [0.05, 0.1) is 29.9 Å². The van der Waals surface area contributed by atoms with Crippen molar-refractivity contribution in [1.82, 2.24) is 15.0 Å². The summed E-state index contributed by atoms with van der Waals surface area (Å²) in [6, 6.07) is 25.4. The van der Waals surface area contributed by atoms with E-state index in [2.05, 4.69) is 19.9 Å². The average molecular weight is 472 g/mol. The zero-order valence-electron chi connectivity index (χ0n) is 19.4. The van der Waals surface area contributed by atoms with Crippen LogP contribution in [0.2, 0.25) is 0 Å². The molecule has 3 aromatic carbocycles. The molecule has 0 saturated carbocycles. The monoisotopic (exact) mass is 471 g/mol. The Kier molecular flexibility index (Phi) is 4.51. The Labute approximate surface area is 207 Å². The second-order valence-electron chi connectivity index (χ2n) is 8.82. The summed E-state index contributed by atoms with van der Waals surface area (Å²) >= 11 is 0. The molecule has 0 radical (unpaired) electrons. The zero-order valence-corrected chi connectivity index (χ0v) is 19.4. The number of carbonyl (C=O) groups is 1. The fraction of sp³-hybridized carbons (Fsp3) is 0.103. The van der Waals surface area contributed by atoms with Crippen LogP contribution in [-0.2, 0) is 0 Å². The van der Waals surface area contributed by atoms with Crippen LogP contribution in [0.4, 0.5) is 17.3 Å². The first kappa shape index (κ1) is 20.6. The molecule has 0 saturated heterocycles. The summed E-state index contributed by atoms with van der Waals surface area (Å²) in [5.74, 6) is 1.01. The minimum Gasteiger partial charge on any atom is -0.496 e. The maximum atomic E-state index is 14.3. The number of pyridine rings is 1. The van der Waals surface area contributed by atoms with Crippen molar-refractivity contribution >= 4 is 34.1 Å². The van der Waals surface area contributed by atoms with E-state index in [9.17, 15) is 4.79 Å². The van der Waals surface area contributed by atoms with Crippen LogP contribution in [0.1, 0.15) is 27.4 Å². The number of aromatic nitrogens is 3. The van der Waals surface area contributed by atoms with Crippen molar-refractivity contribution < 1.29 is 9.53 Å². The number of hydrogen-bond donors (Lipinski definition) is 0. The quantitative estimate of drug-likeness (QED) is 0.355. The van der Waals surface area contributed by atoms with Crippen molar-refractivity contribution in [1.29, 1.82) is 0 Å². The number of methoxy groups -OCH3 is 1. The molecular formula is C29H21N5O2. The number of carbonyl (C=O) groups excluding carboxylic acids is 1. The molecule has 174 valence electrons. The van der Waals surface area contributed by atoms with Crippen molar-refractivity contribution in [3.8, 4) is 5.75 Å². The maximum Gasteiger partial charge on any atom is 0.260 e. The SMILES string of the molecule is COc1cccc2c1[C@H]1c3ccccc3C(=O)N(c3cccc4cccnc34)[C@H]1N2c1ncccn1. The van der Waals surface area contributed by atoms with E-state index in [4.69, 9.17) is 4.74 Å². The van der Waals surface area contributed by atoms with Crippen LogP contribution in [0, 0.1) is 0 Å². The summed E-state index contributed by atoms with van der Waals surface area (Å²) in [5, 5.41) is 0.966. The smallest absolute Gasteiger partial charge is 0.260 e. The standard InChI is InChI=1S/C29H21N5O2/c1-36-23-14-5-12-21-25(23)24-19-10-2-3-11-20(19)28(35)33(27(24)34(21)29-31-16-7-17-32-29)22-13-4-8-18-9-6-15-30-26(18)22/h2-17,24,27H,1H3/t24-,27+/m1/s1. The molecule has 0 N–H and O–H groups in total. The fourth-order valence-corrected chi connectivity index (χ4v) is 5.64. The molecule has 0 aliphatic carbocycles. The molecule has 0 spiro atoms. The van der Waals surface area contributed by atoms with Crippen molar-refractivity contribution in [3.63, 3.8) is 0 Å². The Balaban J connectivity index is 1.57. The normalized spacial score (nSPS) is 18.1. The van der Waals surface area contributed by atoms with E-state index < -0.39 is 6.17 Å². The van der Waals surface area contributed by atoms with Gasteiger partial charge in [0.25, 0.3) is 5.91 Å². The number of nitrogens with zero attached hydrogens (tertiary/aromatic N) is 5. The predicted octanol–water partition coefficient (Wildman–Crippen LogP) is 5.30. The predicted molar refractivity (Wildman–Crippen MR) is 138 cm³/mol. The second-order valence-corrected chi connectivity index (χ2v) is 8.82. The minimum absolute atomic E-state index is 0.0855. The van der Waals surface area contributed by atoms with Gasteiger partial charge in [-0.2, -0.15) is 0 Å². The van der Waals surface area contributed by atoms with Gasteiger partial charge >= 0.3 is 0 Å². The minimum atomic E-state index is -0.450. The van der Waals surface area contributed by atoms with Gasteiger partial charge in [-0.25, -0.2) is 9.97 Å². The molecular weight excluding hydrogens is 450 g/mol. The Morgan fingerprint density at radius 3 is 2.36 bits per heavy atom. The molecule has 2 atom stereocenters. The van der Waals surface area contributed by atoms with E-state index in [0.717, 1.165) is 39.2 Å². The number of amides is 1. The van der Waals surface area contributed by atoms with Crippen LogP contribution in [-0.4, -0.2) is 34.1 Å². The van der Waals surface area contributed by atoms with E-state index in [1.54, 1.807) is 31.8 Å². The third-order valence-corrected chi connectivity index (χ3v) is 7.04. The van der Waals surface area contributed by atoms with Crippen LogP contribution in [0.3, 0.4) is 0 Å². The van der Waals surface area contributed by atoms with Gasteiger partial charge in [0.2, 0.25) is 5.95 Å². The molecule has 7 heteroatoms. The van der Waals surface area contributed by atoms with E-state index in [1.165, 1.54) is 0 Å². The summed E-state index contributed by atoms with van der Waals surface area (Å²) in [7, 11) is 1.68. The number of rotatable bonds is 3. The molecule has 0 bridgehead atoms. The van der Waals surface area contributed by atoms with Gasteiger partial charge in [-0.15, -0.1) is 0 Å². The Morgan fingerprint density at radius 2 is 1.50 bits per heavy atom. The van der Waals surface area contributed by atoms with Crippen molar-refractivity contribution in [2.75, 3.05) is 16.9 Å². The highest BCUT2D eigenvalue weighted by molar-refractivity contribution is 6.13. The lowest BCUT2D eigenvalue weighted by Gasteiger charge is -2.42. The molecule has 2 aliphatic rings. The fourth-order valence-electron chi connectivity index (χ4n) is 5.64. The Morgan fingerprint density at radius 1 is 0.750 bits per heavy atom. The lowest BCUT2D eigenvalue weighted by Crippen LogP contribution is -2.54. The van der Waals surface area contributed by atoms with E-state index in [-0.39, 0.29) is 11.8 Å². The Hall–Kier alpha value is -4.78. The van der Waals surface area contributed by atoms with Gasteiger partial charge in [-0.05, 0) is 42.0 Å². The summed E-state index contributed by atoms with van der Waals surface area (Å²) in [5.41, 5.74) is 5.06. The van der Waals surface area contributed by atoms with Crippen LogP contribution in [0.15, 0.2) is 97.5 Å². The highest BCUT2D eigenvalue weighted by Gasteiger charge is 2.52. The molecule has 1 amide bonds. The van der Waals surface area contributed by atoms with Crippen LogP contribution in [0.25, 0.3) is 10.9 Å². The first-order valence-electron chi connectivity index (χ1n) is 11.8. The summed E-state index contributed by atoms with van der Waals surface area (Å²) < 4.78 is 5.86. The number of fused-ring (bicyclic) bond motifs is 6. The van der Waals surface area contributed by atoms with Crippen LogP contribution in [0.5, 0.6) is 5.75 Å². The molecule has 0 fully saturated rings. The summed E-state index contributed by atoms with van der Waals surface area (Å²) in [6.07, 6.45) is 4.75. The number of benzene rings is 3. The number of para-hydroxylation sites is 1. The largest absolute Gasteiger partial charge is 0.496 e. The maximum absolute atomic E-state index is 14.3. The topological polar surface area (TPSA) is 71.5 Å². The van der Waals surface area contributed by atoms with Gasteiger partial charge in [0, 0.05) is 35.1 Å². The summed E-state index contributed by atoms with van der Waals surface area (Å²) in [4.78, 5) is 32.1. The van der Waals surface area contributed by atoms with Crippen molar-refractivity contribution in [3.05, 3.63) is 114 Å². The number of hydrogen-bond acceptors (Lipinski definition) is 6. The van der Waals surface area contributed by atoms with E-state index in [0.29, 0.717) is 11.5 Å². The van der Waals surface area contributed by atoms with E-state index in [1.807, 2.05) is 77.7 Å². The van der Waals surface area contributed by atoms with Gasteiger partial charge in [0.15, 0.2) is 0 Å². The number of ether oxygens (including phenoxy) is 1. The molecule has 2 aromatic heterocycles. The number of anilines is 3. The van der Waals surface area contributed by atoms with Gasteiger partial charge in [-0.1, -0.05) is 42.5 Å². The highest BCUT2D eigenvalue weighted by atomic mass is 16.5. The molecule has 2 aliphatic heterocycles. The van der Waals surface area contributed by atoms with Gasteiger partial charge in [-0.3, -0.25) is 19.6 Å². The van der Waals surface area contributed by atoms with Crippen LogP contribution < -0.4 is 14.5 Å². The third-order valence-electron chi connectivity index (χ3n) is 7.04. The van der Waals surface area contributed by atoms with E-state index >= 15 is 0 Å². The average Bonchev–Trinajstić information content (AvgIpc) is 3.29. The zero-order chi connectivity index (χ0) is 24.2. The molecule has 4 heterocycles. The van der Waals surface area contributed by atoms with Gasteiger partial charge < -0.3 is 4.74 Å². The second kappa shape index (κ2) is 7.88. The molecule has 7 nitrogen and oxygen atoms in total. The Bertz CT molecular complexity index is 1630. The van der Waals surface area contributed by atoms with Crippen LogP contribution >= 0.6 is 0 Å². The third kappa shape index (κ3) is 2.80. The lowest BCUT2D eigenvalue weighted by atomic mass is 9.83. The van der Waals surface area contributed by atoms with Gasteiger partial charge in [0.1, 0.15) is 11.9 Å². The van der Waals surface area contributed by atoms with Crippen molar-refractivity contribution in [2.24, 2.45) is 0 Å². The molecule has 0 unspecified atom stereocenters. The lowest BCUT2D eigenvalue weighted by molar-refractivity contribution is 0.0966. The molecule has 36 heavy (non-hydrogen) atoms.